The van der Waals surface area contributed by atoms with Gasteiger partial charge >= 0.3 is 0 Å². The van der Waals surface area contributed by atoms with E-state index in [4.69, 9.17) is 4.74 Å². The van der Waals surface area contributed by atoms with Crippen LogP contribution in [-0.2, 0) is 9.53 Å². The normalized spacial score (nSPS) is 20.3. The van der Waals surface area contributed by atoms with Gasteiger partial charge in [-0.15, -0.1) is 0 Å². The molecule has 1 N–H and O–H groups in total. The van der Waals surface area contributed by atoms with Gasteiger partial charge in [0.1, 0.15) is 0 Å². The van der Waals surface area contributed by atoms with E-state index in [1.54, 1.807) is 11.8 Å². The zero-order valence-electron chi connectivity index (χ0n) is 12.2. The Kier molecular flexibility index (Phi) is 7.75. The third kappa shape index (κ3) is 5.69. The van der Waals surface area contributed by atoms with Crippen LogP contribution in [-0.4, -0.2) is 84.4 Å². The van der Waals surface area contributed by atoms with Crippen LogP contribution < -0.4 is 0 Å². The number of amides is 1. The molecule has 6 heteroatoms. The van der Waals surface area contributed by atoms with Crippen LogP contribution in [0.2, 0.25) is 0 Å². The molecule has 0 saturated carbocycles. The van der Waals surface area contributed by atoms with Crippen molar-refractivity contribution in [3.05, 3.63) is 0 Å². The smallest absolute Gasteiger partial charge is 0.235 e. The van der Waals surface area contributed by atoms with Crippen molar-refractivity contribution < 1.29 is 14.6 Å². The Bertz CT molecular complexity index is 271. The first-order valence-electron chi connectivity index (χ1n) is 6.88. The molecule has 0 aromatic carbocycles. The highest BCUT2D eigenvalue weighted by Crippen LogP contribution is 2.12. The van der Waals surface area contributed by atoms with Crippen LogP contribution in [0.4, 0.5) is 0 Å². The molecule has 0 unspecified atom stereocenters. The molecule has 1 heterocycles. The van der Waals surface area contributed by atoms with E-state index in [2.05, 4.69) is 4.90 Å². The fourth-order valence-corrected chi connectivity index (χ4v) is 2.46. The third-order valence-corrected chi connectivity index (χ3v) is 4.28. The summed E-state index contributed by atoms with van der Waals surface area (Å²) in [5, 5.41) is 9.82. The van der Waals surface area contributed by atoms with Gasteiger partial charge in [0, 0.05) is 39.3 Å². The van der Waals surface area contributed by atoms with Crippen molar-refractivity contribution in [3.8, 4) is 0 Å². The largest absolute Gasteiger partial charge is 0.389 e. The molecule has 1 rings (SSSR count). The van der Waals surface area contributed by atoms with E-state index in [1.807, 2.05) is 25.0 Å². The van der Waals surface area contributed by atoms with E-state index in [0.717, 1.165) is 26.2 Å². The van der Waals surface area contributed by atoms with Crippen LogP contribution in [0.3, 0.4) is 0 Å². The first-order valence-corrected chi connectivity index (χ1v) is 8.17. The van der Waals surface area contributed by atoms with Gasteiger partial charge in [0.25, 0.3) is 0 Å². The number of hydrogen-bond donors (Lipinski definition) is 1. The summed E-state index contributed by atoms with van der Waals surface area (Å²) in [6.07, 6.45) is 1.52. The van der Waals surface area contributed by atoms with E-state index < -0.39 is 6.10 Å². The molecule has 0 aromatic rings. The van der Waals surface area contributed by atoms with Crippen molar-refractivity contribution in [2.45, 2.75) is 25.2 Å². The SMILES string of the molecule is CCOC[C@H](O)CN1CCN(C(=O)[C@@H](C)SC)CC1. The Morgan fingerprint density at radius 3 is 2.53 bits per heavy atom. The topological polar surface area (TPSA) is 53.0 Å². The van der Waals surface area contributed by atoms with E-state index >= 15 is 0 Å². The summed E-state index contributed by atoms with van der Waals surface area (Å²) in [6.45, 7) is 8.68. The molecule has 19 heavy (non-hydrogen) atoms. The lowest BCUT2D eigenvalue weighted by Crippen LogP contribution is -2.52. The minimum Gasteiger partial charge on any atom is -0.389 e. The first-order chi connectivity index (χ1) is 9.08. The van der Waals surface area contributed by atoms with Crippen molar-refractivity contribution >= 4 is 17.7 Å². The summed E-state index contributed by atoms with van der Waals surface area (Å²) in [4.78, 5) is 16.1. The summed E-state index contributed by atoms with van der Waals surface area (Å²) >= 11 is 1.59. The van der Waals surface area contributed by atoms with Crippen molar-refractivity contribution in [2.24, 2.45) is 0 Å². The summed E-state index contributed by atoms with van der Waals surface area (Å²) in [7, 11) is 0. The number of aliphatic hydroxyl groups is 1. The van der Waals surface area contributed by atoms with Gasteiger partial charge in [0.2, 0.25) is 5.91 Å². The maximum atomic E-state index is 12.0. The van der Waals surface area contributed by atoms with Crippen molar-refractivity contribution in [2.75, 3.05) is 52.2 Å². The highest BCUT2D eigenvalue weighted by molar-refractivity contribution is 7.99. The molecule has 1 aliphatic rings. The maximum absolute atomic E-state index is 12.0. The Labute approximate surface area is 120 Å². The lowest BCUT2D eigenvalue weighted by atomic mass is 10.2. The van der Waals surface area contributed by atoms with Gasteiger partial charge in [-0.05, 0) is 20.1 Å². The van der Waals surface area contributed by atoms with Gasteiger partial charge in [-0.1, -0.05) is 0 Å². The van der Waals surface area contributed by atoms with Crippen LogP contribution >= 0.6 is 11.8 Å². The molecule has 0 aliphatic carbocycles. The fraction of sp³-hybridized carbons (Fsp3) is 0.923. The second kappa shape index (κ2) is 8.79. The van der Waals surface area contributed by atoms with E-state index in [9.17, 15) is 9.90 Å². The summed E-state index contributed by atoms with van der Waals surface area (Å²) < 4.78 is 5.20. The predicted octanol–water partition coefficient (Wildman–Crippen LogP) is 0.280. The summed E-state index contributed by atoms with van der Waals surface area (Å²) in [5.41, 5.74) is 0. The van der Waals surface area contributed by atoms with E-state index in [-0.39, 0.29) is 11.2 Å². The number of β-amino-alcohol motifs (C(OH)–C–C–N with tert-alkyl or cyclic N) is 1. The molecule has 1 aliphatic heterocycles. The molecule has 5 nitrogen and oxygen atoms in total. The van der Waals surface area contributed by atoms with Gasteiger partial charge in [-0.2, -0.15) is 11.8 Å². The van der Waals surface area contributed by atoms with Gasteiger partial charge in [-0.3, -0.25) is 9.69 Å². The molecule has 0 spiro atoms. The Hall–Kier alpha value is -0.300. The van der Waals surface area contributed by atoms with Crippen LogP contribution in [0.5, 0.6) is 0 Å². The second-order valence-electron chi connectivity index (χ2n) is 4.82. The fourth-order valence-electron chi connectivity index (χ4n) is 2.11. The number of rotatable bonds is 7. The molecule has 2 atom stereocenters. The van der Waals surface area contributed by atoms with Crippen LogP contribution in [0, 0.1) is 0 Å². The minimum atomic E-state index is -0.438. The molecule has 0 aromatic heterocycles. The Morgan fingerprint density at radius 2 is 2.00 bits per heavy atom. The highest BCUT2D eigenvalue weighted by atomic mass is 32.2. The number of carbonyl (C=O) groups excluding carboxylic acids is 1. The number of nitrogens with zero attached hydrogens (tertiary/aromatic N) is 2. The van der Waals surface area contributed by atoms with Gasteiger partial charge < -0.3 is 14.7 Å². The van der Waals surface area contributed by atoms with E-state index in [0.29, 0.717) is 19.8 Å². The Balaban J connectivity index is 2.27. The number of hydrogen-bond acceptors (Lipinski definition) is 5. The number of ether oxygens (including phenoxy) is 1. The van der Waals surface area contributed by atoms with Crippen molar-refractivity contribution in [1.82, 2.24) is 9.80 Å². The average Bonchev–Trinajstić information content (AvgIpc) is 2.44. The molecule has 0 bridgehead atoms. The average molecular weight is 290 g/mol. The molecule has 1 amide bonds. The van der Waals surface area contributed by atoms with Crippen molar-refractivity contribution in [3.63, 3.8) is 0 Å². The van der Waals surface area contributed by atoms with E-state index in [1.165, 1.54) is 0 Å². The number of carbonyl (C=O) groups is 1. The van der Waals surface area contributed by atoms with Crippen LogP contribution in [0.15, 0.2) is 0 Å². The lowest BCUT2D eigenvalue weighted by Gasteiger charge is -2.36. The van der Waals surface area contributed by atoms with Crippen LogP contribution in [0.25, 0.3) is 0 Å². The van der Waals surface area contributed by atoms with Gasteiger partial charge in [0.05, 0.1) is 18.0 Å². The van der Waals surface area contributed by atoms with Gasteiger partial charge in [-0.25, -0.2) is 0 Å². The predicted molar refractivity (Wildman–Crippen MR) is 78.5 cm³/mol. The number of piperazine rings is 1. The monoisotopic (exact) mass is 290 g/mol. The highest BCUT2D eigenvalue weighted by Gasteiger charge is 2.25. The molecule has 1 fully saturated rings. The lowest BCUT2D eigenvalue weighted by molar-refractivity contribution is -0.132. The van der Waals surface area contributed by atoms with Crippen LogP contribution in [0.1, 0.15) is 13.8 Å². The molecular weight excluding hydrogens is 264 g/mol. The molecule has 1 saturated heterocycles. The summed E-state index contributed by atoms with van der Waals surface area (Å²) in [6, 6.07) is 0. The van der Waals surface area contributed by atoms with Crippen molar-refractivity contribution in [1.29, 1.82) is 0 Å². The molecular formula is C13H26N2O3S. The number of aliphatic hydroxyl groups excluding tert-OH is 1. The quantitative estimate of drug-likeness (QED) is 0.730. The Morgan fingerprint density at radius 1 is 1.37 bits per heavy atom. The third-order valence-electron chi connectivity index (χ3n) is 3.37. The number of thioether (sulfide) groups is 1. The molecule has 0 radical (unpaired) electrons. The van der Waals surface area contributed by atoms with Gasteiger partial charge in [0.15, 0.2) is 0 Å². The maximum Gasteiger partial charge on any atom is 0.235 e. The zero-order valence-corrected chi connectivity index (χ0v) is 13.0. The molecule has 112 valence electrons. The minimum absolute atomic E-state index is 0.0371. The first kappa shape index (κ1) is 16.8. The second-order valence-corrected chi connectivity index (χ2v) is 6.00. The zero-order chi connectivity index (χ0) is 14.3. The standard InChI is InChI=1S/C13H26N2O3S/c1-4-18-10-12(16)9-14-5-7-15(8-6-14)13(17)11(2)19-3/h11-12,16H,4-10H2,1-3H3/t11-,12-/m1/s1. The summed E-state index contributed by atoms with van der Waals surface area (Å²) in [5.74, 6) is 0.224.